The number of benzene rings is 2. The van der Waals surface area contributed by atoms with E-state index in [1.807, 2.05) is 30.3 Å². The lowest BCUT2D eigenvalue weighted by Crippen LogP contribution is -2.37. The highest BCUT2D eigenvalue weighted by atomic mass is 32.2. The molecule has 0 aromatic heterocycles. The molecule has 0 radical (unpaired) electrons. The molecule has 2 atom stereocenters. The number of thioether (sulfide) groups is 1. The van der Waals surface area contributed by atoms with Crippen LogP contribution in [0, 0.1) is 0 Å². The molecule has 1 amide bonds. The predicted molar refractivity (Wildman–Crippen MR) is 124 cm³/mol. The van der Waals surface area contributed by atoms with Gasteiger partial charge in [-0.1, -0.05) is 42.1 Å². The van der Waals surface area contributed by atoms with Crippen LogP contribution in [0.1, 0.15) is 5.56 Å². The van der Waals surface area contributed by atoms with Crippen molar-refractivity contribution < 1.29 is 32.6 Å². The minimum Gasteiger partial charge on any atom is -0.489 e. The first kappa shape index (κ1) is 23.3. The fraction of sp³-hybridized carbons (Fsp3) is 0.318. The first-order valence-corrected chi connectivity index (χ1v) is 12.8. The second-order valence-electron chi connectivity index (χ2n) is 7.61. The van der Waals surface area contributed by atoms with Gasteiger partial charge in [0.2, 0.25) is 0 Å². The van der Waals surface area contributed by atoms with Crippen LogP contribution in [0.25, 0.3) is 0 Å². The van der Waals surface area contributed by atoms with Crippen molar-refractivity contribution in [3.05, 3.63) is 60.2 Å². The summed E-state index contributed by atoms with van der Waals surface area (Å²) in [5.41, 5.74) is 1.73. The van der Waals surface area contributed by atoms with E-state index in [1.54, 1.807) is 29.2 Å². The molecule has 2 heterocycles. The van der Waals surface area contributed by atoms with Crippen LogP contribution in [0.3, 0.4) is 0 Å². The van der Waals surface area contributed by atoms with Crippen molar-refractivity contribution in [3.63, 3.8) is 0 Å². The Morgan fingerprint density at radius 2 is 1.79 bits per heavy atom. The number of carbonyl (C=O) groups is 2. The van der Waals surface area contributed by atoms with E-state index >= 15 is 0 Å². The average Bonchev–Trinajstić information content (AvgIpc) is 3.23. The van der Waals surface area contributed by atoms with E-state index in [9.17, 15) is 18.0 Å². The maximum atomic E-state index is 12.2. The first-order valence-electron chi connectivity index (χ1n) is 10.1. The number of amides is 1. The van der Waals surface area contributed by atoms with E-state index in [-0.39, 0.29) is 22.8 Å². The highest BCUT2D eigenvalue weighted by molar-refractivity contribution is 8.16. The van der Waals surface area contributed by atoms with Gasteiger partial charge in [0.1, 0.15) is 25.6 Å². The number of amidine groups is 1. The molecule has 0 unspecified atom stereocenters. The Morgan fingerprint density at radius 1 is 1.06 bits per heavy atom. The van der Waals surface area contributed by atoms with Crippen LogP contribution in [0.2, 0.25) is 0 Å². The van der Waals surface area contributed by atoms with Crippen molar-refractivity contribution in [1.29, 1.82) is 0 Å². The molecular weight excluding hydrogens is 468 g/mol. The Labute approximate surface area is 195 Å². The first-order chi connectivity index (χ1) is 15.8. The summed E-state index contributed by atoms with van der Waals surface area (Å²) in [6.07, 6.45) is 0. The van der Waals surface area contributed by atoms with Crippen LogP contribution in [0.5, 0.6) is 5.75 Å². The Kier molecular flexibility index (Phi) is 7.01. The summed E-state index contributed by atoms with van der Waals surface area (Å²) in [7, 11) is -3.19. The largest absolute Gasteiger partial charge is 0.489 e. The molecular formula is C22H22N2O7S2. The van der Waals surface area contributed by atoms with Crippen LogP contribution in [0.15, 0.2) is 59.6 Å². The normalized spacial score (nSPS) is 22.3. The van der Waals surface area contributed by atoms with Crippen molar-refractivity contribution in [2.24, 2.45) is 4.99 Å². The highest BCUT2D eigenvalue weighted by Crippen LogP contribution is 2.41. The topological polar surface area (TPSA) is 123 Å². The molecule has 11 heteroatoms. The number of hydrogen-bond acceptors (Lipinski definition) is 7. The van der Waals surface area contributed by atoms with Crippen molar-refractivity contribution >= 4 is 44.3 Å². The quantitative estimate of drug-likeness (QED) is 0.592. The Morgan fingerprint density at radius 3 is 2.48 bits per heavy atom. The zero-order valence-electron chi connectivity index (χ0n) is 17.5. The third-order valence-electron chi connectivity index (χ3n) is 5.10. The molecule has 2 aliphatic heterocycles. The molecule has 33 heavy (non-hydrogen) atoms. The molecule has 2 aromatic carbocycles. The molecule has 2 aliphatic rings. The number of carboxylic acid groups (broad SMARTS) is 1. The van der Waals surface area contributed by atoms with Gasteiger partial charge in [0.15, 0.2) is 15.0 Å². The number of ether oxygens (including phenoxy) is 2. The second-order valence-corrected chi connectivity index (χ2v) is 11.0. The van der Waals surface area contributed by atoms with Gasteiger partial charge in [-0.05, 0) is 29.8 Å². The van der Waals surface area contributed by atoms with Gasteiger partial charge in [-0.3, -0.25) is 4.79 Å². The minimum absolute atomic E-state index is 0.0137. The van der Waals surface area contributed by atoms with Gasteiger partial charge in [-0.2, -0.15) is 4.99 Å². The molecule has 0 saturated carbocycles. The molecule has 174 valence electrons. The van der Waals surface area contributed by atoms with E-state index in [1.165, 1.54) is 11.8 Å². The molecule has 4 rings (SSSR count). The summed E-state index contributed by atoms with van der Waals surface area (Å²) in [6.45, 7) is -0.647. The smallest absolute Gasteiger partial charge is 0.329 e. The van der Waals surface area contributed by atoms with Gasteiger partial charge >= 0.3 is 5.97 Å². The molecule has 2 fully saturated rings. The summed E-state index contributed by atoms with van der Waals surface area (Å²) in [4.78, 5) is 28.6. The maximum Gasteiger partial charge on any atom is 0.329 e. The Balaban J connectivity index is 1.50. The monoisotopic (exact) mass is 490 g/mol. The standard InChI is InChI=1S/C22H22N2O7S2/c25-20(11-30-12-21(26)27)23-22-24(18-13-33(28,29)14-19(18)32-22)16-6-8-17(9-7-16)31-10-15-4-2-1-3-5-15/h1-9,18-19H,10-14H2,(H,26,27)/t18-,19+/m0/s1. The lowest BCUT2D eigenvalue weighted by Gasteiger charge is -2.24. The number of fused-ring (bicyclic) bond motifs is 1. The van der Waals surface area contributed by atoms with Gasteiger partial charge < -0.3 is 19.5 Å². The predicted octanol–water partition coefficient (Wildman–Crippen LogP) is 1.97. The fourth-order valence-electron chi connectivity index (χ4n) is 3.67. The third kappa shape index (κ3) is 5.92. The van der Waals surface area contributed by atoms with Crippen LogP contribution in [-0.2, 0) is 30.8 Å². The zero-order chi connectivity index (χ0) is 23.4. The highest BCUT2D eigenvalue weighted by Gasteiger charge is 2.49. The minimum atomic E-state index is -3.19. The van der Waals surface area contributed by atoms with Gasteiger partial charge in [0.05, 0.1) is 17.5 Å². The van der Waals surface area contributed by atoms with E-state index < -0.39 is 34.9 Å². The number of aliphatic imine (C=N–C) groups is 1. The number of aliphatic carboxylic acids is 1. The van der Waals surface area contributed by atoms with Crippen molar-refractivity contribution in [2.75, 3.05) is 29.6 Å². The molecule has 2 aromatic rings. The number of sulfone groups is 1. The van der Waals surface area contributed by atoms with Crippen molar-refractivity contribution in [2.45, 2.75) is 17.9 Å². The number of nitrogens with zero attached hydrogens (tertiary/aromatic N) is 2. The summed E-state index contributed by atoms with van der Waals surface area (Å²) >= 11 is 1.24. The molecule has 2 saturated heterocycles. The van der Waals surface area contributed by atoms with Crippen LogP contribution in [0.4, 0.5) is 5.69 Å². The van der Waals surface area contributed by atoms with E-state index in [2.05, 4.69) is 4.99 Å². The number of anilines is 1. The molecule has 1 N–H and O–H groups in total. The number of carbonyl (C=O) groups excluding carboxylic acids is 1. The number of hydrogen-bond donors (Lipinski definition) is 1. The summed E-state index contributed by atoms with van der Waals surface area (Å²) in [5, 5.41) is 8.77. The van der Waals surface area contributed by atoms with Gasteiger partial charge in [0, 0.05) is 10.9 Å². The lowest BCUT2D eigenvalue weighted by atomic mass is 10.2. The molecule has 0 spiro atoms. The van der Waals surface area contributed by atoms with Crippen molar-refractivity contribution in [3.8, 4) is 5.75 Å². The Hall–Kier alpha value is -2.89. The lowest BCUT2D eigenvalue weighted by molar-refractivity contribution is -0.143. The second kappa shape index (κ2) is 9.94. The van der Waals surface area contributed by atoms with Gasteiger partial charge in [0.25, 0.3) is 5.91 Å². The van der Waals surface area contributed by atoms with E-state index in [4.69, 9.17) is 14.6 Å². The zero-order valence-corrected chi connectivity index (χ0v) is 19.1. The van der Waals surface area contributed by atoms with E-state index in [0.717, 1.165) is 5.56 Å². The number of rotatable bonds is 8. The van der Waals surface area contributed by atoms with Gasteiger partial charge in [-0.15, -0.1) is 0 Å². The van der Waals surface area contributed by atoms with E-state index in [0.29, 0.717) is 23.2 Å². The van der Waals surface area contributed by atoms with Crippen LogP contribution < -0.4 is 9.64 Å². The summed E-state index contributed by atoms with van der Waals surface area (Å²) < 4.78 is 35.0. The van der Waals surface area contributed by atoms with Gasteiger partial charge in [-0.25, -0.2) is 13.2 Å². The maximum absolute atomic E-state index is 12.2. The molecule has 0 aliphatic carbocycles. The molecule has 0 bridgehead atoms. The van der Waals surface area contributed by atoms with Crippen LogP contribution >= 0.6 is 11.8 Å². The average molecular weight is 491 g/mol. The Bertz CT molecular complexity index is 1150. The summed E-state index contributed by atoms with van der Waals surface area (Å²) in [5.74, 6) is -1.17. The van der Waals surface area contributed by atoms with Crippen molar-refractivity contribution in [1.82, 2.24) is 0 Å². The number of carboxylic acids is 1. The van der Waals surface area contributed by atoms with Crippen LogP contribution in [-0.4, -0.2) is 66.6 Å². The SMILES string of the molecule is O=C(O)COCC(=O)N=C1S[C@@H]2CS(=O)(=O)C[C@@H]2N1c1ccc(OCc2ccccc2)cc1. The molecule has 9 nitrogen and oxygen atoms in total. The fourth-order valence-corrected chi connectivity index (χ4v) is 7.61. The third-order valence-corrected chi connectivity index (χ3v) is 8.31. The summed E-state index contributed by atoms with van der Waals surface area (Å²) in [6, 6.07) is 16.6.